The first-order valence-corrected chi connectivity index (χ1v) is 17.8. The van der Waals surface area contributed by atoms with Gasteiger partial charge in [-0.3, -0.25) is 9.59 Å². The highest BCUT2D eigenvalue weighted by Gasteiger charge is 2.39. The molecular weight excluding hydrogens is 811 g/mol. The van der Waals surface area contributed by atoms with Crippen LogP contribution in [0.1, 0.15) is 39.5 Å². The molecule has 330 valence electrons. The van der Waals surface area contributed by atoms with Gasteiger partial charge in [0.25, 0.3) is 0 Å². The summed E-state index contributed by atoms with van der Waals surface area (Å²) in [5, 5.41) is 21.5. The van der Waals surface area contributed by atoms with Crippen LogP contribution in [0.3, 0.4) is 0 Å². The molecule has 3 aromatic rings. The maximum atomic E-state index is 13.6. The van der Waals surface area contributed by atoms with Gasteiger partial charge in [-0.15, -0.1) is 24.7 Å². The number of hydrogen-bond donors (Lipinski definition) is 4. The first-order chi connectivity index (χ1) is 28.5. The number of aromatic nitrogens is 4. The summed E-state index contributed by atoms with van der Waals surface area (Å²) in [6.07, 6.45) is 20.6. The van der Waals surface area contributed by atoms with Crippen molar-refractivity contribution >= 4 is 24.2 Å². The van der Waals surface area contributed by atoms with E-state index < -0.39 is 89.7 Å². The third-order valence-corrected chi connectivity index (χ3v) is 7.67. The van der Waals surface area contributed by atoms with Crippen LogP contribution < -0.4 is 15.8 Å². The van der Waals surface area contributed by atoms with E-state index >= 15 is 0 Å². The van der Waals surface area contributed by atoms with Crippen LogP contribution in [-0.2, 0) is 41.6 Å². The summed E-state index contributed by atoms with van der Waals surface area (Å²) in [5.74, 6) is -11.2. The highest BCUT2D eigenvalue weighted by molar-refractivity contribution is 5.82. The average Bonchev–Trinajstić information content (AvgIpc) is 3.98. The van der Waals surface area contributed by atoms with Crippen molar-refractivity contribution in [1.29, 1.82) is 0 Å². The van der Waals surface area contributed by atoms with E-state index in [0.717, 1.165) is 26.4 Å². The summed E-state index contributed by atoms with van der Waals surface area (Å²) >= 11 is 0. The minimum absolute atomic E-state index is 0.0472. The first kappa shape index (κ1) is 51.8. The van der Waals surface area contributed by atoms with Gasteiger partial charge in [-0.05, 0) is 33.2 Å². The summed E-state index contributed by atoms with van der Waals surface area (Å²) < 4.78 is 93.1. The van der Waals surface area contributed by atoms with Gasteiger partial charge in [-0.1, -0.05) is 0 Å². The molecule has 0 saturated carbocycles. The number of aliphatic hydroxyl groups is 2. The molecule has 2 unspecified atom stereocenters. The van der Waals surface area contributed by atoms with Crippen molar-refractivity contribution in [2.75, 3.05) is 52.7 Å². The number of terminal acetylenes is 2. The lowest BCUT2D eigenvalue weighted by molar-refractivity contribution is -0.151. The van der Waals surface area contributed by atoms with E-state index in [2.05, 4.69) is 41.3 Å². The SMILES string of the molecule is C#CCCOC(=O)OCC(C)(CO)C(=O)NCCCn1ccnc1.C#CCCOC(=O)OCC(C)(CO)C(=O)Oc1c(F)c(F)c(F)c(F)c1F.NCCCn1ccnc1. The van der Waals surface area contributed by atoms with Gasteiger partial charge in [0, 0.05) is 57.3 Å². The topological polar surface area (TPSA) is 229 Å². The minimum Gasteiger partial charge on any atom is -0.433 e. The van der Waals surface area contributed by atoms with Gasteiger partial charge < -0.3 is 54.1 Å². The number of carbonyl (C=O) groups is 4. The summed E-state index contributed by atoms with van der Waals surface area (Å²) in [7, 11) is 0. The molecule has 0 bridgehead atoms. The van der Waals surface area contributed by atoms with Crippen LogP contribution in [0.2, 0.25) is 0 Å². The fraction of sp³-hybridized carbons (Fsp3) is 0.474. The first-order valence-electron chi connectivity index (χ1n) is 17.8. The van der Waals surface area contributed by atoms with Crippen LogP contribution in [0.4, 0.5) is 31.5 Å². The van der Waals surface area contributed by atoms with Crippen LogP contribution in [0.5, 0.6) is 5.75 Å². The number of nitrogens with zero attached hydrogens (tertiary/aromatic N) is 4. The molecule has 3 rings (SSSR count). The Balaban J connectivity index is 0.000000498. The maximum Gasteiger partial charge on any atom is 0.508 e. The highest BCUT2D eigenvalue weighted by atomic mass is 19.2. The number of imidazole rings is 2. The summed E-state index contributed by atoms with van der Waals surface area (Å²) in [6, 6.07) is 0. The standard InChI is InChI=1S/C16H13F5O6.C16H23N3O5.C6H11N3/c1-3-4-5-25-15(24)26-7-16(2,6-22)14(23)27-13-11(20)9(18)8(17)10(19)12(13)21;1-3-4-10-23-15(22)24-12-16(2,11-20)14(21)18-6-5-8-19-9-7-17-13-19;7-2-1-4-9-5-3-8-6-9/h1,22H,4-7H2,2H3;1,7,9,13,20H,4-6,8,10-12H2,2H3,(H,18,21);3,5-6H,1-2,4,7H2. The summed E-state index contributed by atoms with van der Waals surface area (Å²) in [6.45, 7) is 2.51. The van der Waals surface area contributed by atoms with Crippen molar-refractivity contribution in [3.63, 3.8) is 0 Å². The number of aryl methyl sites for hydroxylation is 2. The molecule has 60 heavy (non-hydrogen) atoms. The molecule has 0 aliphatic rings. The molecule has 2 aromatic heterocycles. The predicted molar refractivity (Wildman–Crippen MR) is 200 cm³/mol. The Bertz CT molecular complexity index is 1840. The lowest BCUT2D eigenvalue weighted by Crippen LogP contribution is -2.45. The molecule has 0 radical (unpaired) electrons. The van der Waals surface area contributed by atoms with Crippen molar-refractivity contribution in [2.45, 2.75) is 52.6 Å². The molecule has 0 spiro atoms. The number of benzene rings is 1. The number of carbonyl (C=O) groups excluding carboxylic acids is 4. The number of nitrogens with two attached hydrogens (primary N) is 1. The van der Waals surface area contributed by atoms with E-state index in [9.17, 15) is 51.3 Å². The van der Waals surface area contributed by atoms with Crippen molar-refractivity contribution in [1.82, 2.24) is 24.4 Å². The van der Waals surface area contributed by atoms with Crippen molar-refractivity contribution in [2.24, 2.45) is 16.6 Å². The van der Waals surface area contributed by atoms with E-state index in [1.165, 1.54) is 6.92 Å². The van der Waals surface area contributed by atoms with E-state index in [0.29, 0.717) is 19.5 Å². The van der Waals surface area contributed by atoms with Crippen LogP contribution >= 0.6 is 0 Å². The van der Waals surface area contributed by atoms with Gasteiger partial charge in [-0.2, -0.15) is 8.78 Å². The van der Waals surface area contributed by atoms with Crippen molar-refractivity contribution in [3.8, 4) is 30.4 Å². The minimum atomic E-state index is -2.44. The van der Waals surface area contributed by atoms with Gasteiger partial charge in [0.1, 0.15) is 37.3 Å². The zero-order chi connectivity index (χ0) is 45.1. The van der Waals surface area contributed by atoms with Gasteiger partial charge in [0.15, 0.2) is 0 Å². The van der Waals surface area contributed by atoms with Crippen LogP contribution in [0, 0.1) is 64.6 Å². The second-order valence-electron chi connectivity index (χ2n) is 12.8. The maximum absolute atomic E-state index is 13.6. The second kappa shape index (κ2) is 27.5. The number of nitrogens with one attached hydrogen (secondary N) is 1. The van der Waals surface area contributed by atoms with Crippen LogP contribution in [0.15, 0.2) is 37.4 Å². The lowest BCUT2D eigenvalue weighted by atomic mass is 9.92. The average molecular weight is 859 g/mol. The number of hydrogen-bond acceptors (Lipinski definition) is 14. The van der Waals surface area contributed by atoms with Gasteiger partial charge in [-0.25, -0.2) is 32.7 Å². The number of amides is 1. The molecule has 0 fully saturated rings. The van der Waals surface area contributed by atoms with E-state index in [4.69, 9.17) is 28.1 Å². The Morgan fingerprint density at radius 1 is 0.750 bits per heavy atom. The van der Waals surface area contributed by atoms with E-state index in [1.54, 1.807) is 25.0 Å². The number of rotatable bonds is 20. The van der Waals surface area contributed by atoms with E-state index in [-0.39, 0.29) is 32.7 Å². The molecular formula is C38H47F5N6O11. The largest absolute Gasteiger partial charge is 0.508 e. The smallest absolute Gasteiger partial charge is 0.433 e. The normalized spacial score (nSPS) is 12.3. The molecule has 0 aliphatic carbocycles. The fourth-order valence-electron chi connectivity index (χ4n) is 3.94. The monoisotopic (exact) mass is 858 g/mol. The van der Waals surface area contributed by atoms with Crippen LogP contribution in [0.25, 0.3) is 0 Å². The summed E-state index contributed by atoms with van der Waals surface area (Å²) in [5.41, 5.74) is 1.98. The number of aliphatic hydroxyl groups excluding tert-OH is 2. The molecule has 17 nitrogen and oxygen atoms in total. The number of ether oxygens (including phenoxy) is 5. The highest BCUT2D eigenvalue weighted by Crippen LogP contribution is 2.31. The molecule has 2 heterocycles. The Kier molecular flexibility index (Phi) is 23.7. The van der Waals surface area contributed by atoms with Crippen molar-refractivity contribution < 1.29 is 75.0 Å². The Morgan fingerprint density at radius 2 is 1.20 bits per heavy atom. The molecule has 1 aromatic carbocycles. The third kappa shape index (κ3) is 17.7. The van der Waals surface area contributed by atoms with Crippen LogP contribution in [-0.4, -0.2) is 106 Å². The molecule has 5 N–H and O–H groups in total. The summed E-state index contributed by atoms with van der Waals surface area (Å²) in [4.78, 5) is 54.7. The number of esters is 1. The predicted octanol–water partition coefficient (Wildman–Crippen LogP) is 3.26. The third-order valence-electron chi connectivity index (χ3n) is 7.67. The molecule has 22 heteroatoms. The fourth-order valence-corrected chi connectivity index (χ4v) is 3.94. The Hall–Kier alpha value is -6.23. The van der Waals surface area contributed by atoms with Gasteiger partial charge in [0.2, 0.25) is 40.7 Å². The zero-order valence-corrected chi connectivity index (χ0v) is 32.8. The van der Waals surface area contributed by atoms with Crippen molar-refractivity contribution in [3.05, 3.63) is 66.5 Å². The lowest BCUT2D eigenvalue weighted by Gasteiger charge is -2.25. The van der Waals surface area contributed by atoms with E-state index in [1.807, 2.05) is 21.5 Å². The molecule has 1 amide bonds. The second-order valence-corrected chi connectivity index (χ2v) is 12.8. The molecule has 0 saturated heterocycles. The molecule has 0 aliphatic heterocycles. The Morgan fingerprint density at radius 3 is 1.62 bits per heavy atom. The number of halogens is 5. The quantitative estimate of drug-likeness (QED) is 0.0243. The van der Waals surface area contributed by atoms with Gasteiger partial charge in [0.05, 0.1) is 25.9 Å². The van der Waals surface area contributed by atoms with Gasteiger partial charge >= 0.3 is 18.3 Å². The Labute approximate surface area is 342 Å². The molecule has 2 atom stereocenters. The zero-order valence-electron chi connectivity index (χ0n) is 32.8.